The van der Waals surface area contributed by atoms with E-state index in [2.05, 4.69) is 42.8 Å². The van der Waals surface area contributed by atoms with Crippen LogP contribution in [0.4, 0.5) is 0 Å². The topological polar surface area (TPSA) is 0 Å². The van der Waals surface area contributed by atoms with Gasteiger partial charge in [0.1, 0.15) is 0 Å². The molecule has 0 fully saturated rings. The van der Waals surface area contributed by atoms with E-state index < -0.39 is 0 Å². The molecule has 0 aliphatic carbocycles. The van der Waals surface area contributed by atoms with Crippen molar-refractivity contribution in [3.05, 3.63) is 20.3 Å². The minimum Gasteiger partial charge on any atom is -0.133 e. The smallest absolute Gasteiger partial charge is 0.0704 e. The fraction of sp³-hybridized carbons (Fsp3) is 0.636. The third-order valence-corrected chi connectivity index (χ3v) is 4.28. The normalized spacial score (nSPS) is 13.6. The summed E-state index contributed by atoms with van der Waals surface area (Å²) in [7, 11) is 0. The van der Waals surface area contributed by atoms with E-state index in [1.165, 1.54) is 20.6 Å². The van der Waals surface area contributed by atoms with Crippen molar-refractivity contribution in [3.8, 4) is 0 Å². The van der Waals surface area contributed by atoms with E-state index in [0.717, 1.165) is 12.3 Å². The molecule has 0 saturated carbocycles. The predicted molar refractivity (Wildman–Crippen MR) is 69.4 cm³/mol. The maximum absolute atomic E-state index is 6.35. The molecule has 1 unspecified atom stereocenters. The summed E-state index contributed by atoms with van der Waals surface area (Å²) in [4.78, 5) is 1.33. The van der Waals surface area contributed by atoms with Gasteiger partial charge < -0.3 is 0 Å². The highest BCUT2D eigenvalue weighted by Crippen LogP contribution is 2.36. The first-order valence-electron chi connectivity index (χ1n) is 4.90. The quantitative estimate of drug-likeness (QED) is 0.640. The van der Waals surface area contributed by atoms with Gasteiger partial charge in [-0.1, -0.05) is 13.8 Å². The molecule has 0 amide bonds. The first-order valence-corrected chi connectivity index (χ1v) is 6.95. The average molecular weight is 296 g/mol. The zero-order valence-electron chi connectivity index (χ0n) is 8.81. The lowest BCUT2D eigenvalue weighted by Crippen LogP contribution is -1.94. The van der Waals surface area contributed by atoms with Gasteiger partial charge in [-0.05, 0) is 53.2 Å². The maximum Gasteiger partial charge on any atom is 0.0704 e. The Balaban J connectivity index is 2.60. The summed E-state index contributed by atoms with van der Waals surface area (Å²) in [6.45, 7) is 6.61. The number of hydrogen-bond acceptors (Lipinski definition) is 1. The molecule has 0 aliphatic rings. The van der Waals surface area contributed by atoms with Gasteiger partial charge in [0.05, 0.1) is 9.16 Å². The Morgan fingerprint density at radius 3 is 2.50 bits per heavy atom. The highest BCUT2D eigenvalue weighted by atomic mass is 79.9. The molecular formula is C11H16BrClS. The van der Waals surface area contributed by atoms with Crippen LogP contribution in [0.2, 0.25) is 0 Å². The second-order valence-corrected chi connectivity index (χ2v) is 7.16. The Labute approximate surface area is 104 Å². The van der Waals surface area contributed by atoms with Gasteiger partial charge in [0.15, 0.2) is 0 Å². The molecular weight excluding hydrogens is 280 g/mol. The second-order valence-electron chi connectivity index (χ2n) is 4.00. The molecule has 1 rings (SSSR count). The van der Waals surface area contributed by atoms with Crippen LogP contribution in [0.1, 0.15) is 42.5 Å². The lowest BCUT2D eigenvalue weighted by Gasteiger charge is -2.10. The van der Waals surface area contributed by atoms with Gasteiger partial charge in [0, 0.05) is 4.88 Å². The molecule has 0 aliphatic heterocycles. The highest BCUT2D eigenvalue weighted by Gasteiger charge is 2.13. The summed E-state index contributed by atoms with van der Waals surface area (Å²) < 4.78 is 1.18. The monoisotopic (exact) mass is 294 g/mol. The molecule has 1 aromatic heterocycles. The van der Waals surface area contributed by atoms with E-state index >= 15 is 0 Å². The van der Waals surface area contributed by atoms with Crippen molar-refractivity contribution >= 4 is 38.9 Å². The Hall–Kier alpha value is 0.470. The van der Waals surface area contributed by atoms with E-state index in [-0.39, 0.29) is 5.38 Å². The SMILES string of the molecule is Cc1sc(Br)cc1C(Cl)CCC(C)C. The average Bonchev–Trinajstić information content (AvgIpc) is 2.41. The summed E-state index contributed by atoms with van der Waals surface area (Å²) in [5, 5.41) is 0.181. The zero-order chi connectivity index (χ0) is 10.7. The standard InChI is InChI=1S/C11H16BrClS/c1-7(2)4-5-10(13)9-6-11(12)14-8(9)3/h6-7,10H,4-5H2,1-3H3. The third kappa shape index (κ3) is 3.56. The minimum absolute atomic E-state index is 0.181. The van der Waals surface area contributed by atoms with Crippen LogP contribution in [0.5, 0.6) is 0 Å². The molecule has 1 atom stereocenters. The van der Waals surface area contributed by atoms with Crippen molar-refractivity contribution in [2.75, 3.05) is 0 Å². The Kier molecular flexibility index (Phi) is 4.95. The highest BCUT2D eigenvalue weighted by molar-refractivity contribution is 9.11. The van der Waals surface area contributed by atoms with E-state index in [0.29, 0.717) is 0 Å². The van der Waals surface area contributed by atoms with Gasteiger partial charge >= 0.3 is 0 Å². The Morgan fingerprint density at radius 2 is 2.07 bits per heavy atom. The first kappa shape index (κ1) is 12.5. The lowest BCUT2D eigenvalue weighted by atomic mass is 10.0. The summed E-state index contributed by atoms with van der Waals surface area (Å²) in [5.74, 6) is 0.735. The van der Waals surface area contributed by atoms with Crippen LogP contribution in [0.25, 0.3) is 0 Å². The van der Waals surface area contributed by atoms with Crippen LogP contribution in [0, 0.1) is 12.8 Å². The van der Waals surface area contributed by atoms with Gasteiger partial charge in [-0.15, -0.1) is 22.9 Å². The van der Waals surface area contributed by atoms with Gasteiger partial charge in [0.25, 0.3) is 0 Å². The maximum atomic E-state index is 6.35. The van der Waals surface area contributed by atoms with Crippen molar-refractivity contribution in [2.45, 2.75) is 39.0 Å². The molecule has 3 heteroatoms. The number of rotatable bonds is 4. The number of aryl methyl sites for hydroxylation is 1. The number of alkyl halides is 1. The number of halogens is 2. The molecule has 0 saturated heterocycles. The van der Waals surface area contributed by atoms with Crippen LogP contribution in [-0.4, -0.2) is 0 Å². The molecule has 14 heavy (non-hydrogen) atoms. The van der Waals surface area contributed by atoms with Crippen molar-refractivity contribution in [3.63, 3.8) is 0 Å². The van der Waals surface area contributed by atoms with E-state index in [4.69, 9.17) is 11.6 Å². The van der Waals surface area contributed by atoms with Crippen LogP contribution < -0.4 is 0 Å². The van der Waals surface area contributed by atoms with Crippen molar-refractivity contribution in [1.29, 1.82) is 0 Å². The largest absolute Gasteiger partial charge is 0.133 e. The van der Waals surface area contributed by atoms with Gasteiger partial charge in [-0.3, -0.25) is 0 Å². The van der Waals surface area contributed by atoms with Gasteiger partial charge in [-0.2, -0.15) is 0 Å². The lowest BCUT2D eigenvalue weighted by molar-refractivity contribution is 0.549. The van der Waals surface area contributed by atoms with E-state index in [1.54, 1.807) is 11.3 Å². The fourth-order valence-corrected chi connectivity index (χ4v) is 3.59. The first-order chi connectivity index (χ1) is 6.50. The minimum atomic E-state index is 0.181. The molecule has 1 heterocycles. The summed E-state index contributed by atoms with van der Waals surface area (Å²) >= 11 is 11.6. The molecule has 0 N–H and O–H groups in total. The molecule has 1 aromatic rings. The molecule has 80 valence electrons. The van der Waals surface area contributed by atoms with Gasteiger partial charge in [-0.25, -0.2) is 0 Å². The molecule has 0 bridgehead atoms. The third-order valence-electron chi connectivity index (χ3n) is 2.26. The summed E-state index contributed by atoms with van der Waals surface area (Å²) in [5.41, 5.74) is 1.30. The van der Waals surface area contributed by atoms with E-state index in [9.17, 15) is 0 Å². The van der Waals surface area contributed by atoms with Crippen LogP contribution in [-0.2, 0) is 0 Å². The van der Waals surface area contributed by atoms with Crippen molar-refractivity contribution < 1.29 is 0 Å². The van der Waals surface area contributed by atoms with Crippen LogP contribution in [0.3, 0.4) is 0 Å². The predicted octanol–water partition coefficient (Wildman–Crippen LogP) is 5.54. The molecule has 0 spiro atoms. The van der Waals surface area contributed by atoms with Gasteiger partial charge in [0.2, 0.25) is 0 Å². The van der Waals surface area contributed by atoms with Crippen LogP contribution in [0.15, 0.2) is 9.85 Å². The van der Waals surface area contributed by atoms with Crippen molar-refractivity contribution in [1.82, 2.24) is 0 Å². The van der Waals surface area contributed by atoms with E-state index in [1.807, 2.05) is 0 Å². The Morgan fingerprint density at radius 1 is 1.43 bits per heavy atom. The molecule has 0 nitrogen and oxygen atoms in total. The number of thiophene rings is 1. The molecule has 0 aromatic carbocycles. The van der Waals surface area contributed by atoms with Crippen molar-refractivity contribution in [2.24, 2.45) is 5.92 Å². The summed E-state index contributed by atoms with van der Waals surface area (Å²) in [6, 6.07) is 2.15. The fourth-order valence-electron chi connectivity index (χ4n) is 1.40. The Bertz CT molecular complexity index is 293. The molecule has 0 radical (unpaired) electrons. The van der Waals surface area contributed by atoms with Crippen LogP contribution >= 0.6 is 38.9 Å². The summed E-state index contributed by atoms with van der Waals surface area (Å²) in [6.07, 6.45) is 2.27. The second kappa shape index (κ2) is 5.53. The number of hydrogen-bond donors (Lipinski definition) is 0. The zero-order valence-corrected chi connectivity index (χ0v) is 12.0.